The molecule has 0 bridgehead atoms. The van der Waals surface area contributed by atoms with Gasteiger partial charge < -0.3 is 0 Å². The summed E-state index contributed by atoms with van der Waals surface area (Å²) in [5, 5.41) is 5.07. The Hall–Kier alpha value is -1.32. The van der Waals surface area contributed by atoms with Crippen LogP contribution in [0.3, 0.4) is 0 Å². The van der Waals surface area contributed by atoms with Crippen LogP contribution in [0, 0.1) is 0 Å². The highest BCUT2D eigenvalue weighted by Crippen LogP contribution is 2.25. The fourth-order valence-corrected chi connectivity index (χ4v) is 1.62. The Labute approximate surface area is 103 Å². The number of nitrogens with zero attached hydrogens (tertiary/aromatic N) is 3. The summed E-state index contributed by atoms with van der Waals surface area (Å²) >= 11 is 11.8. The Kier molecular flexibility index (Phi) is 3.27. The fourth-order valence-electron chi connectivity index (χ4n) is 1.32. The van der Waals surface area contributed by atoms with Gasteiger partial charge in [0.05, 0.1) is 16.6 Å². The van der Waals surface area contributed by atoms with Crippen LogP contribution in [0.15, 0.2) is 37.4 Å². The Morgan fingerprint density at radius 1 is 1.31 bits per heavy atom. The predicted molar refractivity (Wildman–Crippen MR) is 65.5 cm³/mol. The molecule has 3 nitrogen and oxygen atoms in total. The lowest BCUT2D eigenvalue weighted by atomic mass is 10.1. The Morgan fingerprint density at radius 2 is 2.12 bits per heavy atom. The molecule has 0 aliphatic rings. The predicted octanol–water partition coefficient (Wildman–Crippen LogP) is 3.30. The zero-order valence-electron chi connectivity index (χ0n) is 8.40. The van der Waals surface area contributed by atoms with Gasteiger partial charge in [-0.2, -0.15) is 5.10 Å². The van der Waals surface area contributed by atoms with Crippen LogP contribution in [-0.4, -0.2) is 14.8 Å². The van der Waals surface area contributed by atoms with E-state index in [4.69, 9.17) is 23.2 Å². The van der Waals surface area contributed by atoms with Crippen LogP contribution in [0.2, 0.25) is 10.0 Å². The molecular weight excluding hydrogens is 245 g/mol. The zero-order valence-corrected chi connectivity index (χ0v) is 9.91. The average molecular weight is 254 g/mol. The minimum Gasteiger partial charge on any atom is -0.249 e. The molecule has 1 aromatic heterocycles. The van der Waals surface area contributed by atoms with E-state index < -0.39 is 0 Å². The van der Waals surface area contributed by atoms with E-state index in [-0.39, 0.29) is 0 Å². The minimum absolute atomic E-state index is 0.527. The Balaban J connectivity index is 2.18. The molecule has 0 N–H and O–H groups in total. The van der Waals surface area contributed by atoms with Crippen LogP contribution < -0.4 is 0 Å². The van der Waals surface area contributed by atoms with E-state index in [2.05, 4.69) is 16.7 Å². The highest BCUT2D eigenvalue weighted by molar-refractivity contribution is 6.42. The maximum absolute atomic E-state index is 5.93. The van der Waals surface area contributed by atoms with E-state index >= 15 is 0 Å². The topological polar surface area (TPSA) is 30.7 Å². The minimum atomic E-state index is 0.527. The van der Waals surface area contributed by atoms with Crippen LogP contribution in [0.5, 0.6) is 0 Å². The van der Waals surface area contributed by atoms with Gasteiger partial charge in [0.2, 0.25) is 0 Å². The number of halogens is 2. The smallest absolute Gasteiger partial charge is 0.137 e. The molecular formula is C11H9Cl2N3. The average Bonchev–Trinajstić information content (AvgIpc) is 2.74. The summed E-state index contributed by atoms with van der Waals surface area (Å²) in [4.78, 5) is 3.86. The molecule has 0 spiro atoms. The number of hydrogen-bond acceptors (Lipinski definition) is 2. The number of rotatable bonds is 3. The Morgan fingerprint density at radius 3 is 2.75 bits per heavy atom. The van der Waals surface area contributed by atoms with Gasteiger partial charge >= 0.3 is 0 Å². The molecule has 0 unspecified atom stereocenters. The van der Waals surface area contributed by atoms with Gasteiger partial charge in [-0.3, -0.25) is 0 Å². The molecule has 16 heavy (non-hydrogen) atoms. The summed E-state index contributed by atoms with van der Waals surface area (Å²) in [7, 11) is 0. The van der Waals surface area contributed by atoms with Crippen molar-refractivity contribution in [2.75, 3.05) is 0 Å². The molecule has 0 amide bonds. The molecule has 0 radical (unpaired) electrons. The van der Waals surface area contributed by atoms with Crippen molar-refractivity contribution in [3.63, 3.8) is 0 Å². The first-order valence-electron chi connectivity index (χ1n) is 4.62. The summed E-state index contributed by atoms with van der Waals surface area (Å²) in [5.41, 5.74) is 1.86. The van der Waals surface area contributed by atoms with Crippen LogP contribution in [-0.2, 0) is 6.54 Å². The van der Waals surface area contributed by atoms with Crippen LogP contribution >= 0.6 is 23.2 Å². The van der Waals surface area contributed by atoms with Gasteiger partial charge in [0, 0.05) is 0 Å². The van der Waals surface area contributed by atoms with E-state index in [9.17, 15) is 0 Å². The van der Waals surface area contributed by atoms with Crippen LogP contribution in [0.4, 0.5) is 0 Å². The van der Waals surface area contributed by atoms with E-state index in [0.29, 0.717) is 16.6 Å². The van der Waals surface area contributed by atoms with Crippen molar-refractivity contribution in [3.8, 4) is 0 Å². The molecule has 1 aromatic carbocycles. The molecule has 0 saturated carbocycles. The monoisotopic (exact) mass is 253 g/mol. The van der Waals surface area contributed by atoms with Crippen LogP contribution in [0.1, 0.15) is 5.56 Å². The lowest BCUT2D eigenvalue weighted by molar-refractivity contribution is 0.711. The van der Waals surface area contributed by atoms with Gasteiger partial charge in [0.15, 0.2) is 0 Å². The highest BCUT2D eigenvalue weighted by Gasteiger charge is 2.04. The number of allylic oxidation sites excluding steroid dienone is 1. The molecule has 0 saturated heterocycles. The third-order valence-corrected chi connectivity index (χ3v) is 2.89. The van der Waals surface area contributed by atoms with Gasteiger partial charge in [-0.1, -0.05) is 35.8 Å². The van der Waals surface area contributed by atoms with Crippen molar-refractivity contribution < 1.29 is 0 Å². The summed E-state index contributed by atoms with van der Waals surface area (Å²) < 4.78 is 1.70. The first kappa shape index (κ1) is 11.2. The van der Waals surface area contributed by atoms with Gasteiger partial charge in [0.1, 0.15) is 12.7 Å². The quantitative estimate of drug-likeness (QED) is 0.841. The summed E-state index contributed by atoms with van der Waals surface area (Å²) in [6.45, 7) is 4.56. The molecule has 2 rings (SSSR count). The first-order valence-corrected chi connectivity index (χ1v) is 5.38. The largest absolute Gasteiger partial charge is 0.249 e. The molecule has 0 aliphatic heterocycles. The SMILES string of the molecule is C=C(Cn1cncn1)c1ccc(Cl)c(Cl)c1. The van der Waals surface area contributed by atoms with Crippen molar-refractivity contribution in [1.82, 2.24) is 14.8 Å². The fraction of sp³-hybridized carbons (Fsp3) is 0.0909. The van der Waals surface area contributed by atoms with E-state index in [1.54, 1.807) is 23.1 Å². The third-order valence-electron chi connectivity index (χ3n) is 2.15. The normalized spacial score (nSPS) is 10.4. The van der Waals surface area contributed by atoms with E-state index in [1.165, 1.54) is 6.33 Å². The van der Waals surface area contributed by atoms with Crippen LogP contribution in [0.25, 0.3) is 5.57 Å². The second kappa shape index (κ2) is 4.68. The van der Waals surface area contributed by atoms with Crippen molar-refractivity contribution in [2.24, 2.45) is 0 Å². The lowest BCUT2D eigenvalue weighted by Gasteiger charge is -2.06. The number of hydrogen-bond donors (Lipinski definition) is 0. The standard InChI is InChI=1S/C11H9Cl2N3/c1-8(5-16-7-14-6-15-16)9-2-3-10(12)11(13)4-9/h2-4,6-7H,1,5H2. The van der Waals surface area contributed by atoms with Crippen molar-refractivity contribution >= 4 is 28.8 Å². The number of aromatic nitrogens is 3. The van der Waals surface area contributed by atoms with Crippen molar-refractivity contribution in [2.45, 2.75) is 6.54 Å². The lowest BCUT2D eigenvalue weighted by Crippen LogP contribution is -2.00. The molecule has 1 heterocycles. The maximum atomic E-state index is 5.93. The van der Waals surface area contributed by atoms with E-state index in [0.717, 1.165) is 11.1 Å². The molecule has 0 fully saturated rings. The molecule has 2 aromatic rings. The zero-order chi connectivity index (χ0) is 11.5. The molecule has 0 aliphatic carbocycles. The van der Waals surface area contributed by atoms with Gasteiger partial charge in [-0.05, 0) is 23.3 Å². The van der Waals surface area contributed by atoms with E-state index in [1.807, 2.05) is 6.07 Å². The first-order chi connectivity index (χ1) is 7.66. The van der Waals surface area contributed by atoms with Crippen molar-refractivity contribution in [1.29, 1.82) is 0 Å². The second-order valence-corrected chi connectivity index (χ2v) is 4.14. The number of benzene rings is 1. The Bertz CT molecular complexity index is 506. The van der Waals surface area contributed by atoms with Crippen molar-refractivity contribution in [3.05, 3.63) is 53.0 Å². The molecule has 0 atom stereocenters. The second-order valence-electron chi connectivity index (χ2n) is 3.33. The molecule has 5 heteroatoms. The van der Waals surface area contributed by atoms with Gasteiger partial charge in [-0.25, -0.2) is 9.67 Å². The third kappa shape index (κ3) is 2.43. The van der Waals surface area contributed by atoms with Gasteiger partial charge in [0.25, 0.3) is 0 Å². The molecule has 82 valence electrons. The maximum Gasteiger partial charge on any atom is 0.137 e. The summed E-state index contributed by atoms with van der Waals surface area (Å²) in [6.07, 6.45) is 3.13. The van der Waals surface area contributed by atoms with Gasteiger partial charge in [-0.15, -0.1) is 0 Å². The summed E-state index contributed by atoms with van der Waals surface area (Å²) in [5.74, 6) is 0. The summed E-state index contributed by atoms with van der Waals surface area (Å²) in [6, 6.07) is 5.43. The highest BCUT2D eigenvalue weighted by atomic mass is 35.5.